The molecule has 0 bridgehead atoms. The highest BCUT2D eigenvalue weighted by molar-refractivity contribution is 6.35. The third kappa shape index (κ3) is 6.58. The molecule has 2 atom stereocenters. The Labute approximate surface area is 164 Å². The van der Waals surface area contributed by atoms with Crippen molar-refractivity contribution in [2.45, 2.75) is 69.5 Å². The zero-order chi connectivity index (χ0) is 19.1. The highest BCUT2D eigenvalue weighted by Crippen LogP contribution is 2.38. The van der Waals surface area contributed by atoms with Crippen molar-refractivity contribution in [1.82, 2.24) is 0 Å². The van der Waals surface area contributed by atoms with E-state index in [0.717, 1.165) is 24.0 Å². The smallest absolute Gasteiger partial charge is 0.305 e. The van der Waals surface area contributed by atoms with Crippen molar-refractivity contribution in [1.29, 1.82) is 0 Å². The first-order chi connectivity index (χ1) is 12.4. The van der Waals surface area contributed by atoms with E-state index in [-0.39, 0.29) is 12.8 Å². The molecule has 1 aromatic rings. The summed E-state index contributed by atoms with van der Waals surface area (Å²) in [7, 11) is 0. The first-order valence-corrected chi connectivity index (χ1v) is 9.87. The number of benzene rings is 1. The summed E-state index contributed by atoms with van der Waals surface area (Å²) in [5.74, 6) is -0.701. The van der Waals surface area contributed by atoms with E-state index in [1.165, 1.54) is 25.7 Å². The molecule has 1 saturated carbocycles. The Bertz CT molecular complexity index is 637. The summed E-state index contributed by atoms with van der Waals surface area (Å²) in [5, 5.41) is 29.5. The molecule has 1 fully saturated rings. The largest absolute Gasteiger partial charge is 0.481 e. The van der Waals surface area contributed by atoms with Crippen molar-refractivity contribution in [2.75, 3.05) is 0 Å². The second-order valence-electron chi connectivity index (χ2n) is 6.99. The van der Waals surface area contributed by atoms with Gasteiger partial charge in [-0.1, -0.05) is 61.0 Å². The normalized spacial score (nSPS) is 18.6. The number of carboxylic acid groups (broad SMARTS) is 1. The lowest BCUT2D eigenvalue weighted by atomic mass is 9.88. The van der Waals surface area contributed by atoms with Gasteiger partial charge in [-0.15, -0.1) is 0 Å². The standard InChI is InChI=1S/C20H26Cl2O4/c21-14-9-18(13-5-3-1-2-4-6-13)17(19(22)10-14)8-7-15(23)11-16(24)12-20(25)26/h7-10,13,15-16,23-24H,1-6,11-12H2,(H,25,26)/b8-7+. The fourth-order valence-corrected chi connectivity index (χ4v) is 4.13. The van der Waals surface area contributed by atoms with Crippen LogP contribution in [0.25, 0.3) is 6.08 Å². The van der Waals surface area contributed by atoms with Crippen LogP contribution < -0.4 is 0 Å². The van der Waals surface area contributed by atoms with Crippen molar-refractivity contribution in [3.63, 3.8) is 0 Å². The van der Waals surface area contributed by atoms with Gasteiger partial charge < -0.3 is 15.3 Å². The molecule has 0 amide bonds. The van der Waals surface area contributed by atoms with Gasteiger partial charge in [0.15, 0.2) is 0 Å². The minimum atomic E-state index is -1.09. The van der Waals surface area contributed by atoms with Crippen molar-refractivity contribution in [3.05, 3.63) is 39.4 Å². The second-order valence-corrected chi connectivity index (χ2v) is 7.84. The molecule has 3 N–H and O–H groups in total. The zero-order valence-corrected chi connectivity index (χ0v) is 16.2. The molecule has 144 valence electrons. The molecule has 1 aliphatic rings. The highest BCUT2D eigenvalue weighted by atomic mass is 35.5. The number of rotatable bonds is 7. The van der Waals surface area contributed by atoms with Crippen LogP contribution in [0.2, 0.25) is 10.0 Å². The zero-order valence-electron chi connectivity index (χ0n) is 14.7. The Hall–Kier alpha value is -1.07. The fraction of sp³-hybridized carbons (Fsp3) is 0.550. The van der Waals surface area contributed by atoms with E-state index in [9.17, 15) is 15.0 Å². The van der Waals surface area contributed by atoms with Crippen molar-refractivity contribution < 1.29 is 20.1 Å². The van der Waals surface area contributed by atoms with Gasteiger partial charge in [-0.2, -0.15) is 0 Å². The summed E-state index contributed by atoms with van der Waals surface area (Å²) in [5.41, 5.74) is 1.94. The summed E-state index contributed by atoms with van der Waals surface area (Å²) in [6, 6.07) is 3.64. The number of aliphatic carboxylic acids is 1. The van der Waals surface area contributed by atoms with Crippen molar-refractivity contribution >= 4 is 35.2 Å². The van der Waals surface area contributed by atoms with Crippen LogP contribution in [0.1, 0.15) is 68.4 Å². The summed E-state index contributed by atoms with van der Waals surface area (Å²) < 4.78 is 0. The van der Waals surface area contributed by atoms with Gasteiger partial charge in [0.1, 0.15) is 0 Å². The minimum Gasteiger partial charge on any atom is -0.481 e. The van der Waals surface area contributed by atoms with E-state index < -0.39 is 18.2 Å². The Morgan fingerprint density at radius 1 is 1.15 bits per heavy atom. The van der Waals surface area contributed by atoms with Crippen LogP contribution in [0, 0.1) is 0 Å². The van der Waals surface area contributed by atoms with Crippen LogP contribution in [-0.4, -0.2) is 33.5 Å². The summed E-state index contributed by atoms with van der Waals surface area (Å²) in [6.45, 7) is 0. The topological polar surface area (TPSA) is 77.8 Å². The molecule has 2 rings (SSSR count). The first kappa shape index (κ1) is 21.2. The number of halogens is 2. The van der Waals surface area contributed by atoms with Crippen molar-refractivity contribution in [2.24, 2.45) is 0 Å². The maximum atomic E-state index is 10.6. The fourth-order valence-electron chi connectivity index (χ4n) is 3.56. The SMILES string of the molecule is O=C(O)CC(O)CC(O)/C=C/c1c(Cl)cc(Cl)cc1C1CCCCCC1. The molecular weight excluding hydrogens is 375 g/mol. The Morgan fingerprint density at radius 3 is 2.42 bits per heavy atom. The average molecular weight is 401 g/mol. The lowest BCUT2D eigenvalue weighted by Crippen LogP contribution is -2.19. The van der Waals surface area contributed by atoms with Crippen LogP contribution in [-0.2, 0) is 4.79 Å². The molecule has 6 heteroatoms. The second kappa shape index (κ2) is 10.3. The van der Waals surface area contributed by atoms with Crippen LogP contribution in [0.4, 0.5) is 0 Å². The Morgan fingerprint density at radius 2 is 1.81 bits per heavy atom. The molecule has 1 aliphatic carbocycles. The third-order valence-corrected chi connectivity index (χ3v) is 5.36. The van der Waals surface area contributed by atoms with Crippen LogP contribution in [0.5, 0.6) is 0 Å². The van der Waals surface area contributed by atoms with Gasteiger partial charge in [-0.25, -0.2) is 0 Å². The number of hydrogen-bond donors (Lipinski definition) is 3. The first-order valence-electron chi connectivity index (χ1n) is 9.12. The van der Waals surface area contributed by atoms with Gasteiger partial charge >= 0.3 is 5.97 Å². The minimum absolute atomic E-state index is 0.0349. The summed E-state index contributed by atoms with van der Waals surface area (Å²) in [6.07, 6.45) is 7.90. The average Bonchev–Trinajstić information content (AvgIpc) is 2.81. The van der Waals surface area contributed by atoms with Gasteiger partial charge in [0.25, 0.3) is 0 Å². The molecular formula is C20H26Cl2O4. The Kier molecular flexibility index (Phi) is 8.42. The molecule has 26 heavy (non-hydrogen) atoms. The van der Waals surface area contributed by atoms with E-state index in [1.807, 2.05) is 6.07 Å². The van der Waals surface area contributed by atoms with Crippen molar-refractivity contribution in [3.8, 4) is 0 Å². The predicted octanol–water partition coefficient (Wildman–Crippen LogP) is 5.03. The molecule has 2 unspecified atom stereocenters. The quantitative estimate of drug-likeness (QED) is 0.560. The van der Waals surface area contributed by atoms with E-state index in [1.54, 1.807) is 18.2 Å². The third-order valence-electron chi connectivity index (χ3n) is 4.83. The number of hydrogen-bond acceptors (Lipinski definition) is 3. The molecule has 0 heterocycles. The van der Waals surface area contributed by atoms with Gasteiger partial charge in [0.05, 0.1) is 18.6 Å². The lowest BCUT2D eigenvalue weighted by Gasteiger charge is -2.19. The molecule has 0 spiro atoms. The van der Waals surface area contributed by atoms with Gasteiger partial charge in [0.2, 0.25) is 0 Å². The van der Waals surface area contributed by atoms with Gasteiger partial charge in [0, 0.05) is 16.5 Å². The number of aliphatic hydroxyl groups is 2. The van der Waals surface area contributed by atoms with Gasteiger partial charge in [-0.3, -0.25) is 4.79 Å². The summed E-state index contributed by atoms with van der Waals surface area (Å²) >= 11 is 12.6. The van der Waals surface area contributed by atoms with E-state index >= 15 is 0 Å². The molecule has 1 aromatic carbocycles. The molecule has 0 radical (unpaired) electrons. The van der Waals surface area contributed by atoms with Crippen LogP contribution in [0.3, 0.4) is 0 Å². The predicted molar refractivity (Wildman–Crippen MR) is 105 cm³/mol. The number of aliphatic hydroxyl groups excluding tert-OH is 2. The van der Waals surface area contributed by atoms with E-state index in [0.29, 0.717) is 16.0 Å². The van der Waals surface area contributed by atoms with Crippen LogP contribution >= 0.6 is 23.2 Å². The molecule has 4 nitrogen and oxygen atoms in total. The lowest BCUT2D eigenvalue weighted by molar-refractivity contribution is -0.139. The molecule has 0 aliphatic heterocycles. The number of carbonyl (C=O) groups is 1. The monoisotopic (exact) mass is 400 g/mol. The van der Waals surface area contributed by atoms with Gasteiger partial charge in [-0.05, 0) is 42.0 Å². The Balaban J connectivity index is 2.17. The van der Waals surface area contributed by atoms with E-state index in [2.05, 4.69) is 0 Å². The molecule has 0 saturated heterocycles. The van der Waals surface area contributed by atoms with Crippen LogP contribution in [0.15, 0.2) is 18.2 Å². The summed E-state index contributed by atoms with van der Waals surface area (Å²) in [4.78, 5) is 10.6. The highest BCUT2D eigenvalue weighted by Gasteiger charge is 2.19. The maximum absolute atomic E-state index is 10.6. The maximum Gasteiger partial charge on any atom is 0.305 e. The molecule has 0 aromatic heterocycles. The van der Waals surface area contributed by atoms with E-state index in [4.69, 9.17) is 28.3 Å². The number of carboxylic acids is 1.